The van der Waals surface area contributed by atoms with Gasteiger partial charge in [0.25, 0.3) is 5.91 Å². The molecular weight excluding hydrogens is 771 g/mol. The molecule has 1 aromatic heterocycles. The van der Waals surface area contributed by atoms with Crippen molar-refractivity contribution in [3.05, 3.63) is 113 Å². The van der Waals surface area contributed by atoms with Crippen molar-refractivity contribution in [2.45, 2.75) is 64.2 Å². The summed E-state index contributed by atoms with van der Waals surface area (Å²) in [4.78, 5) is 45.9. The third-order valence-corrected chi connectivity index (χ3v) is 12.7. The van der Waals surface area contributed by atoms with Crippen LogP contribution in [0.4, 0.5) is 5.69 Å². The number of amides is 3. The normalized spacial score (nSPS) is 19.5. The van der Waals surface area contributed by atoms with E-state index in [2.05, 4.69) is 38.0 Å². The third kappa shape index (κ3) is 9.81. The summed E-state index contributed by atoms with van der Waals surface area (Å²) in [7, 11) is 1.60. The first-order chi connectivity index (χ1) is 29.4. The molecular formula is C47H61N9O5. The van der Waals surface area contributed by atoms with Gasteiger partial charge in [-0.1, -0.05) is 24.3 Å². The second-order valence-corrected chi connectivity index (χ2v) is 16.8. The van der Waals surface area contributed by atoms with Gasteiger partial charge in [0.05, 0.1) is 23.0 Å². The Morgan fingerprint density at radius 1 is 0.934 bits per heavy atom. The van der Waals surface area contributed by atoms with Crippen molar-refractivity contribution in [2.24, 2.45) is 23.1 Å². The molecule has 1 unspecified atom stereocenters. The number of nitrogens with two attached hydrogens (primary N) is 3. The number of rotatable bonds is 13. The molecule has 0 aliphatic carbocycles. The number of carbonyl (C=O) groups is 3. The SMILES string of the molecule is CNC(=O)CCN(C=O)c1cccc2c1ccn2C1CCN(CC2CCN(C(=O)c3ccc(C4CN(C(/C=C(\N)c5ccccc5O)=C(N)N)C[C@@H](C)O4)c(C)c3)CC2)CC1. The number of ether oxygens (including phenoxy) is 1. The van der Waals surface area contributed by atoms with E-state index in [1.165, 1.54) is 0 Å². The first-order valence-corrected chi connectivity index (χ1v) is 21.5. The Balaban J connectivity index is 0.910. The van der Waals surface area contributed by atoms with Crippen LogP contribution in [-0.4, -0.2) is 108 Å². The van der Waals surface area contributed by atoms with Crippen LogP contribution in [0.2, 0.25) is 0 Å². The van der Waals surface area contributed by atoms with Crippen LogP contribution in [0, 0.1) is 12.8 Å². The molecule has 3 saturated heterocycles. The molecule has 0 saturated carbocycles. The largest absolute Gasteiger partial charge is 0.507 e. The molecule has 0 spiro atoms. The van der Waals surface area contributed by atoms with Crippen LogP contribution in [0.15, 0.2) is 90.5 Å². The Hall–Kier alpha value is -5.99. The Morgan fingerprint density at radius 2 is 1.69 bits per heavy atom. The number of morpholine rings is 1. The van der Waals surface area contributed by atoms with Gasteiger partial charge in [-0.25, -0.2) is 0 Å². The molecule has 61 heavy (non-hydrogen) atoms. The van der Waals surface area contributed by atoms with Gasteiger partial charge in [-0.3, -0.25) is 14.4 Å². The fraction of sp³-hybridized carbons (Fsp3) is 0.426. The minimum absolute atomic E-state index is 0.0594. The molecule has 0 radical (unpaired) electrons. The van der Waals surface area contributed by atoms with Crippen molar-refractivity contribution in [2.75, 3.05) is 64.3 Å². The molecule has 14 heteroatoms. The topological polar surface area (TPSA) is 189 Å². The number of allylic oxidation sites excluding steroid dienone is 1. The molecule has 8 N–H and O–H groups in total. The lowest BCUT2D eigenvalue weighted by molar-refractivity contribution is -0.120. The van der Waals surface area contributed by atoms with Crippen molar-refractivity contribution < 1.29 is 24.2 Å². The van der Waals surface area contributed by atoms with Crippen molar-refractivity contribution in [1.29, 1.82) is 0 Å². The average molecular weight is 832 g/mol. The van der Waals surface area contributed by atoms with E-state index in [0.29, 0.717) is 54.1 Å². The first kappa shape index (κ1) is 43.1. The molecule has 324 valence electrons. The average Bonchev–Trinajstić information content (AvgIpc) is 3.70. The molecule has 3 aliphatic rings. The zero-order valence-corrected chi connectivity index (χ0v) is 35.6. The fourth-order valence-electron chi connectivity index (χ4n) is 9.35. The monoisotopic (exact) mass is 831 g/mol. The van der Waals surface area contributed by atoms with Gasteiger partial charge in [0, 0.05) is 100 Å². The summed E-state index contributed by atoms with van der Waals surface area (Å²) in [5.41, 5.74) is 24.8. The van der Waals surface area contributed by atoms with E-state index in [1.807, 2.05) is 49.1 Å². The Kier molecular flexibility index (Phi) is 13.5. The summed E-state index contributed by atoms with van der Waals surface area (Å²) >= 11 is 0. The molecule has 4 heterocycles. The van der Waals surface area contributed by atoms with E-state index in [9.17, 15) is 19.5 Å². The number of anilines is 1. The summed E-state index contributed by atoms with van der Waals surface area (Å²) in [6, 6.07) is 21.3. The highest BCUT2D eigenvalue weighted by molar-refractivity contribution is 5.98. The van der Waals surface area contributed by atoms with Gasteiger partial charge in [0.2, 0.25) is 12.3 Å². The number of piperidine rings is 2. The second kappa shape index (κ2) is 19.2. The zero-order valence-electron chi connectivity index (χ0n) is 35.6. The third-order valence-electron chi connectivity index (χ3n) is 12.7. The summed E-state index contributed by atoms with van der Waals surface area (Å²) in [6.45, 7) is 9.94. The number of hydrogen-bond acceptors (Lipinski definition) is 10. The van der Waals surface area contributed by atoms with Gasteiger partial charge >= 0.3 is 0 Å². The summed E-state index contributed by atoms with van der Waals surface area (Å²) in [5, 5.41) is 14.0. The lowest BCUT2D eigenvalue weighted by Gasteiger charge is -2.39. The lowest BCUT2D eigenvalue weighted by Crippen LogP contribution is -2.44. The van der Waals surface area contributed by atoms with Crippen molar-refractivity contribution in [3.8, 4) is 5.75 Å². The highest BCUT2D eigenvalue weighted by Gasteiger charge is 2.31. The Bertz CT molecular complexity index is 2270. The summed E-state index contributed by atoms with van der Waals surface area (Å²) < 4.78 is 8.78. The number of hydrogen-bond donors (Lipinski definition) is 5. The summed E-state index contributed by atoms with van der Waals surface area (Å²) in [6.07, 6.45) is 8.52. The van der Waals surface area contributed by atoms with Crippen LogP contribution in [0.5, 0.6) is 5.75 Å². The highest BCUT2D eigenvalue weighted by atomic mass is 16.5. The number of nitrogens with one attached hydrogen (secondary N) is 1. The van der Waals surface area contributed by atoms with E-state index in [1.54, 1.807) is 42.3 Å². The maximum atomic E-state index is 13.8. The van der Waals surface area contributed by atoms with Crippen molar-refractivity contribution in [1.82, 2.24) is 24.6 Å². The van der Waals surface area contributed by atoms with Gasteiger partial charge in [-0.15, -0.1) is 0 Å². The molecule has 0 bridgehead atoms. The maximum absolute atomic E-state index is 13.8. The molecule has 2 atom stereocenters. The molecule has 3 aliphatic heterocycles. The number of phenols is 1. The van der Waals surface area contributed by atoms with Crippen molar-refractivity contribution >= 4 is 40.5 Å². The standard InChI is InChI=1S/C47H61N9O5/c1-31-25-34(11-12-36(31)44-29-55(27-32(2)61-44)42(46(49)50)26-39(48)37-7-4-5-10-43(37)58)47(60)53-21-13-33(14-22-53)28-52-19-15-35(16-20-52)56-24-17-38-40(8-6-9-41(38)56)54(30-57)23-18-45(59)51-3/h4-12,17,24-26,30,32-33,35,44,58H,13-16,18-23,27-29,48-50H2,1-3H3,(H,51,59)/b39-26-/t32-,44?/m1/s1. The smallest absolute Gasteiger partial charge is 0.253 e. The van der Waals surface area contributed by atoms with Crippen LogP contribution in [0.1, 0.15) is 78.2 Å². The number of aryl methyl sites for hydroxylation is 1. The van der Waals surface area contributed by atoms with Crippen LogP contribution in [0.25, 0.3) is 16.6 Å². The molecule has 3 fully saturated rings. The van der Waals surface area contributed by atoms with Crippen LogP contribution >= 0.6 is 0 Å². The zero-order chi connectivity index (χ0) is 43.2. The second-order valence-electron chi connectivity index (χ2n) is 16.8. The highest BCUT2D eigenvalue weighted by Crippen LogP contribution is 2.35. The van der Waals surface area contributed by atoms with Gasteiger partial charge < -0.3 is 56.5 Å². The van der Waals surface area contributed by atoms with E-state index in [4.69, 9.17) is 21.9 Å². The Labute approximate surface area is 358 Å². The number of aromatic hydroxyl groups is 1. The van der Waals surface area contributed by atoms with Gasteiger partial charge in [0.1, 0.15) is 17.7 Å². The quantitative estimate of drug-likeness (QED) is 0.0926. The van der Waals surface area contributed by atoms with Gasteiger partial charge in [-0.2, -0.15) is 0 Å². The molecule has 7 rings (SSSR count). The minimum atomic E-state index is -0.287. The number of fused-ring (bicyclic) bond motifs is 1. The minimum Gasteiger partial charge on any atom is -0.507 e. The first-order valence-electron chi connectivity index (χ1n) is 21.5. The predicted molar refractivity (Wildman–Crippen MR) is 239 cm³/mol. The lowest BCUT2D eigenvalue weighted by atomic mass is 9.93. The van der Waals surface area contributed by atoms with Gasteiger partial charge in [-0.05, 0) is 105 Å². The molecule has 4 aromatic rings. The number of phenolic OH excluding ortho intramolecular Hbond substituents is 1. The number of nitrogens with zero attached hydrogens (tertiary/aromatic N) is 5. The van der Waals surface area contributed by atoms with Crippen LogP contribution in [0.3, 0.4) is 0 Å². The number of carbonyl (C=O) groups excluding carboxylic acids is 3. The van der Waals surface area contributed by atoms with E-state index in [0.717, 1.165) is 92.5 Å². The maximum Gasteiger partial charge on any atom is 0.253 e. The van der Waals surface area contributed by atoms with Crippen LogP contribution in [-0.2, 0) is 14.3 Å². The summed E-state index contributed by atoms with van der Waals surface area (Å²) in [5.74, 6) is 0.702. The molecule has 14 nitrogen and oxygen atoms in total. The molecule has 3 aromatic carbocycles. The number of para-hydroxylation sites is 1. The number of benzene rings is 3. The predicted octanol–water partition coefficient (Wildman–Crippen LogP) is 4.79. The van der Waals surface area contributed by atoms with E-state index in [-0.39, 0.29) is 42.0 Å². The van der Waals surface area contributed by atoms with Crippen molar-refractivity contribution in [3.63, 3.8) is 0 Å². The Morgan fingerprint density at radius 3 is 2.38 bits per heavy atom. The fourth-order valence-corrected chi connectivity index (χ4v) is 9.35. The van der Waals surface area contributed by atoms with E-state index < -0.39 is 0 Å². The number of likely N-dealkylation sites (tertiary alicyclic amines) is 2. The van der Waals surface area contributed by atoms with Crippen LogP contribution < -0.4 is 27.4 Å². The van der Waals surface area contributed by atoms with Gasteiger partial charge in [0.15, 0.2) is 0 Å². The molecule has 3 amide bonds. The van der Waals surface area contributed by atoms with E-state index >= 15 is 0 Å². The number of aromatic nitrogens is 1.